The number of hydrogen-bond acceptors (Lipinski definition) is 3. The lowest BCUT2D eigenvalue weighted by molar-refractivity contribution is -0.499. The van der Waals surface area contributed by atoms with Crippen LogP contribution in [0.15, 0.2) is 84.0 Å². The van der Waals surface area contributed by atoms with Gasteiger partial charge in [-0.2, -0.15) is 4.58 Å². The highest BCUT2D eigenvalue weighted by atomic mass is 16.5. The number of methoxy groups -OCH3 is 1. The van der Waals surface area contributed by atoms with Crippen molar-refractivity contribution in [2.45, 2.75) is 24.2 Å². The number of fused-ring (bicyclic) bond motifs is 1. The molecule has 3 heterocycles. The Morgan fingerprint density at radius 2 is 1.81 bits per heavy atom. The molecule has 3 unspecified atom stereocenters. The van der Waals surface area contributed by atoms with Crippen LogP contribution in [0.25, 0.3) is 0 Å². The first-order chi connectivity index (χ1) is 13.3. The zero-order valence-corrected chi connectivity index (χ0v) is 15.0. The van der Waals surface area contributed by atoms with Gasteiger partial charge in [0.15, 0.2) is 5.60 Å². The number of carbonyl (C=O) groups is 1. The molecule has 134 valence electrons. The van der Waals surface area contributed by atoms with Gasteiger partial charge in [0.25, 0.3) is 0 Å². The van der Waals surface area contributed by atoms with Crippen molar-refractivity contribution in [1.29, 1.82) is 0 Å². The van der Waals surface area contributed by atoms with Crippen molar-refractivity contribution in [2.24, 2.45) is 0 Å². The van der Waals surface area contributed by atoms with Crippen LogP contribution in [0.3, 0.4) is 0 Å². The van der Waals surface area contributed by atoms with Gasteiger partial charge in [0.1, 0.15) is 18.0 Å². The van der Waals surface area contributed by atoms with Gasteiger partial charge in [0, 0.05) is 24.1 Å². The Morgan fingerprint density at radius 3 is 2.48 bits per heavy atom. The number of hydrogen-bond donors (Lipinski definition) is 0. The van der Waals surface area contributed by atoms with Gasteiger partial charge < -0.3 is 9.47 Å². The molecule has 0 N–H and O–H groups in total. The molecule has 27 heavy (non-hydrogen) atoms. The van der Waals surface area contributed by atoms with Gasteiger partial charge >= 0.3 is 5.90 Å². The number of rotatable bonds is 4. The summed E-state index contributed by atoms with van der Waals surface area (Å²) < 4.78 is 14.4. The van der Waals surface area contributed by atoms with Crippen molar-refractivity contribution in [2.75, 3.05) is 7.11 Å². The molecule has 4 heteroatoms. The van der Waals surface area contributed by atoms with Crippen molar-refractivity contribution in [3.63, 3.8) is 0 Å². The molecule has 2 aromatic rings. The first-order valence-corrected chi connectivity index (χ1v) is 9.15. The van der Waals surface area contributed by atoms with Crippen LogP contribution in [-0.2, 0) is 20.7 Å². The van der Waals surface area contributed by atoms with E-state index < -0.39 is 5.60 Å². The summed E-state index contributed by atoms with van der Waals surface area (Å²) in [6, 6.07) is 20.5. The monoisotopic (exact) mass is 358 g/mol. The van der Waals surface area contributed by atoms with Crippen LogP contribution in [0.5, 0.6) is 0 Å². The summed E-state index contributed by atoms with van der Waals surface area (Å²) >= 11 is 0. The first-order valence-electron chi connectivity index (χ1n) is 9.15. The third-order valence-corrected chi connectivity index (χ3v) is 5.69. The van der Waals surface area contributed by atoms with Crippen molar-refractivity contribution < 1.29 is 18.8 Å². The van der Waals surface area contributed by atoms with E-state index in [1.54, 1.807) is 7.11 Å². The largest absolute Gasteiger partial charge is 0.447 e. The van der Waals surface area contributed by atoms with Gasteiger partial charge in [-0.1, -0.05) is 54.6 Å². The van der Waals surface area contributed by atoms with Crippen molar-refractivity contribution >= 4 is 17.9 Å². The van der Waals surface area contributed by atoms with Gasteiger partial charge in [0.2, 0.25) is 11.7 Å². The summed E-state index contributed by atoms with van der Waals surface area (Å²) in [5, 5.41) is 0. The van der Waals surface area contributed by atoms with E-state index in [1.165, 1.54) is 5.56 Å². The fraction of sp³-hybridized carbons (Fsp3) is 0.217. The Bertz CT molecular complexity index is 991. The Balaban J connectivity index is 1.74. The zero-order valence-electron chi connectivity index (χ0n) is 15.0. The molecule has 3 aliphatic rings. The standard InChI is InChI=1S/C23H20NO3/c1-26-22-21-18(15-25)19-12-13-23(21,27-19)20(14-16-8-4-2-5-9-16)24(22)17-10-6-3-7-11-17/h2-13,15,19-20H,14H2,1H3/q+1. The summed E-state index contributed by atoms with van der Waals surface area (Å²) in [5.41, 5.74) is 3.13. The Labute approximate surface area is 158 Å². The predicted octanol–water partition coefficient (Wildman–Crippen LogP) is 3.20. The molecule has 3 atom stereocenters. The number of aldehydes is 1. The van der Waals surface area contributed by atoms with E-state index in [0.29, 0.717) is 11.5 Å². The fourth-order valence-corrected chi connectivity index (χ4v) is 4.59. The van der Waals surface area contributed by atoms with E-state index in [-0.39, 0.29) is 12.1 Å². The molecule has 0 radical (unpaired) electrons. The Morgan fingerprint density at radius 1 is 1.11 bits per heavy atom. The third kappa shape index (κ3) is 2.20. The lowest BCUT2D eigenvalue weighted by Gasteiger charge is -2.24. The second-order valence-electron chi connectivity index (χ2n) is 7.06. The molecule has 1 spiro atoms. The molecule has 0 saturated heterocycles. The van der Waals surface area contributed by atoms with Crippen molar-refractivity contribution in [3.05, 3.63) is 89.5 Å². The predicted molar refractivity (Wildman–Crippen MR) is 102 cm³/mol. The molecule has 3 aliphatic heterocycles. The van der Waals surface area contributed by atoms with Crippen molar-refractivity contribution in [3.8, 4) is 0 Å². The van der Waals surface area contributed by atoms with Gasteiger partial charge in [-0.15, -0.1) is 0 Å². The Hall–Kier alpha value is -2.98. The van der Waals surface area contributed by atoms with Gasteiger partial charge in [-0.3, -0.25) is 4.79 Å². The van der Waals surface area contributed by atoms with E-state index in [4.69, 9.17) is 9.47 Å². The molecular weight excluding hydrogens is 338 g/mol. The molecule has 0 saturated carbocycles. The zero-order chi connectivity index (χ0) is 18.4. The lowest BCUT2D eigenvalue weighted by Crippen LogP contribution is -2.43. The van der Waals surface area contributed by atoms with Crippen molar-refractivity contribution in [1.82, 2.24) is 0 Å². The maximum Gasteiger partial charge on any atom is 0.375 e. The number of ether oxygens (including phenoxy) is 2. The van der Waals surface area contributed by atoms with Crippen LogP contribution in [-0.4, -0.2) is 41.6 Å². The van der Waals surface area contributed by atoms with Crippen LogP contribution < -0.4 is 0 Å². The molecule has 0 fully saturated rings. The minimum absolute atomic E-state index is 0.0362. The molecule has 4 nitrogen and oxygen atoms in total. The van der Waals surface area contributed by atoms with Gasteiger partial charge in [-0.05, 0) is 11.6 Å². The van der Waals surface area contributed by atoms with Crippen LogP contribution in [0.4, 0.5) is 5.69 Å². The number of para-hydroxylation sites is 1. The SMILES string of the molecule is COC1=[N+](c2ccccc2)C(Cc2ccccc2)C23C=CC(O2)C(C=O)=C13. The maximum absolute atomic E-state index is 11.8. The fourth-order valence-electron chi connectivity index (χ4n) is 4.59. The smallest absolute Gasteiger partial charge is 0.375 e. The molecule has 0 aliphatic carbocycles. The summed E-state index contributed by atoms with van der Waals surface area (Å²) in [4.78, 5) is 11.8. The molecule has 0 aromatic heterocycles. The molecular formula is C23H20NO3+. The number of nitrogens with zero attached hydrogens (tertiary/aromatic N) is 1. The normalized spacial score (nSPS) is 28.0. The summed E-state index contributed by atoms with van der Waals surface area (Å²) in [6.07, 6.45) is 5.51. The quantitative estimate of drug-likeness (QED) is 0.479. The number of carbonyl (C=O) groups excluding carboxylic acids is 1. The highest BCUT2D eigenvalue weighted by Crippen LogP contribution is 2.51. The molecule has 2 aromatic carbocycles. The summed E-state index contributed by atoms with van der Waals surface area (Å²) in [6.45, 7) is 0. The van der Waals surface area contributed by atoms with E-state index in [1.807, 2.05) is 42.5 Å². The van der Waals surface area contributed by atoms with Gasteiger partial charge in [-0.25, -0.2) is 0 Å². The average molecular weight is 358 g/mol. The average Bonchev–Trinajstić information content (AvgIpc) is 3.37. The minimum atomic E-state index is -0.655. The third-order valence-electron chi connectivity index (χ3n) is 5.69. The van der Waals surface area contributed by atoms with E-state index in [9.17, 15) is 4.79 Å². The minimum Gasteiger partial charge on any atom is -0.447 e. The second kappa shape index (κ2) is 6.03. The highest BCUT2D eigenvalue weighted by Gasteiger charge is 2.67. The summed E-state index contributed by atoms with van der Waals surface area (Å²) in [5.74, 6) is 0.705. The van der Waals surface area contributed by atoms with Crippen LogP contribution in [0.2, 0.25) is 0 Å². The molecule has 5 rings (SSSR count). The van der Waals surface area contributed by atoms with Crippen LogP contribution in [0.1, 0.15) is 5.56 Å². The topological polar surface area (TPSA) is 38.5 Å². The first kappa shape index (κ1) is 16.2. The summed E-state index contributed by atoms with van der Waals surface area (Å²) in [7, 11) is 1.66. The van der Waals surface area contributed by atoms with Crippen LogP contribution in [0, 0.1) is 0 Å². The number of benzene rings is 2. The van der Waals surface area contributed by atoms with Crippen LogP contribution >= 0.6 is 0 Å². The van der Waals surface area contributed by atoms with E-state index in [2.05, 4.69) is 34.9 Å². The second-order valence-corrected chi connectivity index (χ2v) is 7.06. The van der Waals surface area contributed by atoms with E-state index in [0.717, 1.165) is 24.0 Å². The van der Waals surface area contributed by atoms with Gasteiger partial charge in [0.05, 0.1) is 7.11 Å². The maximum atomic E-state index is 11.8. The molecule has 2 bridgehead atoms. The molecule has 0 amide bonds. The Kier molecular flexibility index (Phi) is 3.62. The lowest BCUT2D eigenvalue weighted by atomic mass is 9.82. The van der Waals surface area contributed by atoms with E-state index >= 15 is 0 Å². The highest BCUT2D eigenvalue weighted by molar-refractivity contribution is 6.03.